The molecule has 1 amide bonds. The Bertz CT molecular complexity index is 727. The Labute approximate surface area is 139 Å². The molecule has 1 aromatic carbocycles. The van der Waals surface area contributed by atoms with E-state index in [2.05, 4.69) is 21.6 Å². The van der Waals surface area contributed by atoms with E-state index in [-0.39, 0.29) is 11.2 Å². The lowest BCUT2D eigenvalue weighted by atomic mass is 10.0. The lowest BCUT2D eigenvalue weighted by Gasteiger charge is -2.31. The van der Waals surface area contributed by atoms with Gasteiger partial charge in [-0.2, -0.15) is 0 Å². The molecule has 1 atom stereocenters. The largest absolute Gasteiger partial charge is 0.311 e. The monoisotopic (exact) mass is 329 g/mol. The number of rotatable bonds is 4. The van der Waals surface area contributed by atoms with Crippen molar-refractivity contribution in [3.05, 3.63) is 29.8 Å². The minimum atomic E-state index is -0.204. The van der Waals surface area contributed by atoms with Gasteiger partial charge in [-0.25, -0.2) is 4.68 Å². The summed E-state index contributed by atoms with van der Waals surface area (Å²) in [6.07, 6.45) is 4.31. The van der Waals surface area contributed by atoms with Crippen LogP contribution in [0, 0.1) is 0 Å². The van der Waals surface area contributed by atoms with Gasteiger partial charge >= 0.3 is 0 Å². The standard InChI is InChI=1S/C16H19N5OS/c1-11(23-16-17-18-19-21(16)13-8-9-13)15(22)20-10-4-6-12-5-2-3-7-14(12)20/h2-3,5,7,11,13H,4,6,8-10H2,1H3. The quantitative estimate of drug-likeness (QED) is 0.806. The predicted molar refractivity (Wildman–Crippen MR) is 88.5 cm³/mol. The molecule has 0 bridgehead atoms. The van der Waals surface area contributed by atoms with Gasteiger partial charge in [-0.15, -0.1) is 5.10 Å². The van der Waals surface area contributed by atoms with Gasteiger partial charge in [0, 0.05) is 12.2 Å². The van der Waals surface area contributed by atoms with Gasteiger partial charge in [-0.1, -0.05) is 30.0 Å². The van der Waals surface area contributed by atoms with Crippen molar-refractivity contribution in [3.63, 3.8) is 0 Å². The Morgan fingerprint density at radius 3 is 3.00 bits per heavy atom. The Balaban J connectivity index is 1.51. The van der Waals surface area contributed by atoms with E-state index in [0.717, 1.165) is 43.1 Å². The number of nitrogens with zero attached hydrogens (tertiary/aromatic N) is 5. The van der Waals surface area contributed by atoms with Crippen molar-refractivity contribution in [2.75, 3.05) is 11.4 Å². The predicted octanol–water partition coefficient (Wildman–Crippen LogP) is 2.47. The van der Waals surface area contributed by atoms with Crippen molar-refractivity contribution < 1.29 is 4.79 Å². The van der Waals surface area contributed by atoms with Crippen LogP contribution in [0.4, 0.5) is 5.69 Å². The number of anilines is 1. The van der Waals surface area contributed by atoms with Crippen LogP contribution in [0.15, 0.2) is 29.4 Å². The van der Waals surface area contributed by atoms with Crippen LogP contribution in [0.1, 0.15) is 37.8 Å². The zero-order valence-corrected chi connectivity index (χ0v) is 13.9. The third-order valence-corrected chi connectivity index (χ3v) is 5.40. The van der Waals surface area contributed by atoms with Crippen LogP contribution < -0.4 is 4.90 Å². The summed E-state index contributed by atoms with van der Waals surface area (Å²) in [5, 5.41) is 12.4. The third kappa shape index (κ3) is 2.85. The number of aryl methyl sites for hydroxylation is 1. The fraction of sp³-hybridized carbons (Fsp3) is 0.500. The smallest absolute Gasteiger partial charge is 0.240 e. The van der Waals surface area contributed by atoms with E-state index in [4.69, 9.17) is 0 Å². The maximum absolute atomic E-state index is 12.9. The molecule has 6 nitrogen and oxygen atoms in total. The molecule has 7 heteroatoms. The van der Waals surface area contributed by atoms with Crippen LogP contribution in [0.3, 0.4) is 0 Å². The van der Waals surface area contributed by atoms with Crippen molar-refractivity contribution in [2.24, 2.45) is 0 Å². The lowest BCUT2D eigenvalue weighted by Crippen LogP contribution is -2.40. The molecule has 1 aliphatic carbocycles. The van der Waals surface area contributed by atoms with Crippen molar-refractivity contribution in [1.82, 2.24) is 20.2 Å². The molecule has 1 aromatic heterocycles. The first-order valence-corrected chi connectivity index (χ1v) is 8.96. The molecule has 1 unspecified atom stereocenters. The summed E-state index contributed by atoms with van der Waals surface area (Å²) in [5.74, 6) is 0.132. The van der Waals surface area contributed by atoms with Crippen molar-refractivity contribution in [1.29, 1.82) is 0 Å². The van der Waals surface area contributed by atoms with Crippen molar-refractivity contribution >= 4 is 23.4 Å². The van der Waals surface area contributed by atoms with E-state index in [1.54, 1.807) is 0 Å². The Kier molecular flexibility index (Phi) is 3.80. The van der Waals surface area contributed by atoms with Gasteiger partial charge in [-0.3, -0.25) is 4.79 Å². The van der Waals surface area contributed by atoms with E-state index in [1.807, 2.05) is 34.7 Å². The number of hydrogen-bond donors (Lipinski definition) is 0. The summed E-state index contributed by atoms with van der Waals surface area (Å²) < 4.78 is 1.86. The molecule has 2 aromatic rings. The van der Waals surface area contributed by atoms with Gasteiger partial charge in [0.2, 0.25) is 11.1 Å². The highest BCUT2D eigenvalue weighted by Crippen LogP contribution is 2.37. The average molecular weight is 329 g/mol. The topological polar surface area (TPSA) is 63.9 Å². The van der Waals surface area contributed by atoms with Crippen LogP contribution in [0.2, 0.25) is 0 Å². The molecule has 1 aliphatic heterocycles. The molecule has 2 heterocycles. The summed E-state index contributed by atoms with van der Waals surface area (Å²) >= 11 is 1.46. The van der Waals surface area contributed by atoms with Gasteiger partial charge < -0.3 is 4.90 Å². The van der Waals surface area contributed by atoms with Crippen LogP contribution >= 0.6 is 11.8 Å². The molecule has 1 fully saturated rings. The number of para-hydroxylation sites is 1. The fourth-order valence-electron chi connectivity index (χ4n) is 3.00. The zero-order chi connectivity index (χ0) is 15.8. The molecule has 0 spiro atoms. The molecule has 0 radical (unpaired) electrons. The Hall–Kier alpha value is -1.89. The maximum Gasteiger partial charge on any atom is 0.240 e. The van der Waals surface area contributed by atoms with E-state index in [9.17, 15) is 4.79 Å². The second kappa shape index (κ2) is 5.96. The number of thioether (sulfide) groups is 1. The molecule has 1 saturated carbocycles. The summed E-state index contributed by atoms with van der Waals surface area (Å²) in [5.41, 5.74) is 2.31. The second-order valence-corrected chi connectivity index (χ2v) is 7.43. The van der Waals surface area contributed by atoms with Gasteiger partial charge in [0.1, 0.15) is 0 Å². The van der Waals surface area contributed by atoms with Gasteiger partial charge in [0.05, 0.1) is 11.3 Å². The molecule has 2 aliphatic rings. The summed E-state index contributed by atoms with van der Waals surface area (Å²) in [4.78, 5) is 14.8. The third-order valence-electron chi connectivity index (χ3n) is 4.36. The number of tetrazole rings is 1. The van der Waals surface area contributed by atoms with E-state index in [0.29, 0.717) is 6.04 Å². The van der Waals surface area contributed by atoms with Crippen LogP contribution in [0.25, 0.3) is 0 Å². The normalized spacial score (nSPS) is 18.6. The number of benzene rings is 1. The fourth-order valence-corrected chi connectivity index (χ4v) is 3.92. The number of aromatic nitrogens is 4. The number of carbonyl (C=O) groups is 1. The number of fused-ring (bicyclic) bond motifs is 1. The zero-order valence-electron chi connectivity index (χ0n) is 13.1. The maximum atomic E-state index is 12.9. The molecule has 4 rings (SSSR count). The molecule has 120 valence electrons. The first-order chi connectivity index (χ1) is 11.2. The minimum Gasteiger partial charge on any atom is -0.311 e. The van der Waals surface area contributed by atoms with Crippen LogP contribution in [-0.2, 0) is 11.2 Å². The van der Waals surface area contributed by atoms with Gasteiger partial charge in [0.15, 0.2) is 0 Å². The van der Waals surface area contributed by atoms with Gasteiger partial charge in [-0.05, 0) is 54.7 Å². The highest BCUT2D eigenvalue weighted by molar-refractivity contribution is 8.00. The van der Waals surface area contributed by atoms with E-state index >= 15 is 0 Å². The highest BCUT2D eigenvalue weighted by Gasteiger charge is 2.31. The molecule has 0 saturated heterocycles. The minimum absolute atomic E-state index is 0.132. The molecule has 23 heavy (non-hydrogen) atoms. The van der Waals surface area contributed by atoms with Crippen LogP contribution in [0.5, 0.6) is 0 Å². The number of amides is 1. The van der Waals surface area contributed by atoms with Crippen molar-refractivity contribution in [2.45, 2.75) is 49.1 Å². The number of carbonyl (C=O) groups excluding carboxylic acids is 1. The molecular formula is C16H19N5OS. The first-order valence-electron chi connectivity index (χ1n) is 8.08. The second-order valence-electron chi connectivity index (χ2n) is 6.12. The SMILES string of the molecule is CC(Sc1nnnn1C1CC1)C(=O)N1CCCc2ccccc21. The molecule has 0 N–H and O–H groups in total. The van der Waals surface area contributed by atoms with E-state index < -0.39 is 0 Å². The Morgan fingerprint density at radius 1 is 1.35 bits per heavy atom. The first kappa shape index (κ1) is 14.7. The highest BCUT2D eigenvalue weighted by atomic mass is 32.2. The summed E-state index contributed by atoms with van der Waals surface area (Å²) in [6, 6.07) is 8.61. The summed E-state index contributed by atoms with van der Waals surface area (Å²) in [7, 11) is 0. The van der Waals surface area contributed by atoms with Crippen molar-refractivity contribution in [3.8, 4) is 0 Å². The van der Waals surface area contributed by atoms with E-state index in [1.165, 1.54) is 17.3 Å². The van der Waals surface area contributed by atoms with Gasteiger partial charge in [0.25, 0.3) is 0 Å². The Morgan fingerprint density at radius 2 is 2.17 bits per heavy atom. The summed E-state index contributed by atoms with van der Waals surface area (Å²) in [6.45, 7) is 2.73. The number of hydrogen-bond acceptors (Lipinski definition) is 5. The molecular weight excluding hydrogens is 310 g/mol. The van der Waals surface area contributed by atoms with Crippen LogP contribution in [-0.4, -0.2) is 37.9 Å². The lowest BCUT2D eigenvalue weighted by molar-refractivity contribution is -0.117. The average Bonchev–Trinajstić information content (AvgIpc) is 3.33.